The van der Waals surface area contributed by atoms with E-state index in [-0.39, 0.29) is 10.6 Å². The van der Waals surface area contributed by atoms with Gasteiger partial charge in [-0.3, -0.25) is 0 Å². The minimum Gasteiger partial charge on any atom is -0.478 e. The molecule has 1 aromatic carbocycles. The Balaban J connectivity index is 2.49. The molecule has 0 fully saturated rings. The summed E-state index contributed by atoms with van der Waals surface area (Å²) < 4.78 is 13.1. The summed E-state index contributed by atoms with van der Waals surface area (Å²) in [5.74, 6) is -1.25. The number of carboxylic acids is 1. The highest BCUT2D eigenvalue weighted by Gasteiger charge is 2.14. The average molecular weight is 295 g/mol. The third-order valence-corrected chi connectivity index (χ3v) is 3.05. The van der Waals surface area contributed by atoms with Crippen LogP contribution in [0, 0.1) is 5.82 Å². The first-order valence-electron chi connectivity index (χ1n) is 6.07. The van der Waals surface area contributed by atoms with Crippen LogP contribution in [0.15, 0.2) is 24.4 Å². The van der Waals surface area contributed by atoms with Gasteiger partial charge in [0, 0.05) is 11.8 Å². The van der Waals surface area contributed by atoms with E-state index in [0.29, 0.717) is 23.5 Å². The first kappa shape index (κ1) is 14.4. The third-order valence-electron chi connectivity index (χ3n) is 2.76. The molecule has 0 atom stereocenters. The molecule has 0 spiro atoms. The molecule has 1 heterocycles. The molecule has 0 unspecified atom stereocenters. The van der Waals surface area contributed by atoms with E-state index in [9.17, 15) is 9.18 Å². The van der Waals surface area contributed by atoms with Gasteiger partial charge in [0.1, 0.15) is 5.82 Å². The van der Waals surface area contributed by atoms with Crippen LogP contribution in [0.4, 0.5) is 4.39 Å². The highest BCUT2D eigenvalue weighted by atomic mass is 35.5. The number of aromatic nitrogens is 2. The van der Waals surface area contributed by atoms with Gasteiger partial charge < -0.3 is 5.11 Å². The van der Waals surface area contributed by atoms with E-state index >= 15 is 0 Å². The molecule has 0 aliphatic heterocycles. The van der Waals surface area contributed by atoms with Crippen molar-refractivity contribution < 1.29 is 14.3 Å². The number of carboxylic acid groups (broad SMARTS) is 1. The van der Waals surface area contributed by atoms with Gasteiger partial charge in [0.2, 0.25) is 0 Å². The number of halogens is 2. The van der Waals surface area contributed by atoms with Crippen molar-refractivity contribution in [2.45, 2.75) is 19.8 Å². The predicted molar refractivity (Wildman–Crippen MR) is 73.4 cm³/mol. The van der Waals surface area contributed by atoms with Crippen LogP contribution >= 0.6 is 11.6 Å². The highest BCUT2D eigenvalue weighted by Crippen LogP contribution is 2.23. The van der Waals surface area contributed by atoms with Crippen LogP contribution in [0.25, 0.3) is 11.4 Å². The Hall–Kier alpha value is -2.01. The second-order valence-corrected chi connectivity index (χ2v) is 4.65. The summed E-state index contributed by atoms with van der Waals surface area (Å²) in [6, 6.07) is 4.15. The van der Waals surface area contributed by atoms with Gasteiger partial charge in [-0.05, 0) is 24.6 Å². The maximum absolute atomic E-state index is 13.1. The summed E-state index contributed by atoms with van der Waals surface area (Å²) in [4.78, 5) is 19.4. The van der Waals surface area contributed by atoms with Crippen molar-refractivity contribution >= 4 is 17.6 Å². The number of hydrogen-bond donors (Lipinski definition) is 1. The first-order chi connectivity index (χ1) is 9.52. The van der Waals surface area contributed by atoms with Crippen molar-refractivity contribution in [3.63, 3.8) is 0 Å². The fourth-order valence-corrected chi connectivity index (χ4v) is 1.98. The maximum Gasteiger partial charge on any atom is 0.339 e. The van der Waals surface area contributed by atoms with Crippen molar-refractivity contribution in [2.75, 3.05) is 0 Å². The number of carbonyl (C=O) groups is 1. The summed E-state index contributed by atoms with van der Waals surface area (Å²) in [5.41, 5.74) is 1.10. The van der Waals surface area contributed by atoms with Crippen molar-refractivity contribution in [1.82, 2.24) is 9.97 Å². The molecule has 20 heavy (non-hydrogen) atoms. The van der Waals surface area contributed by atoms with Crippen LogP contribution in [0.2, 0.25) is 5.02 Å². The van der Waals surface area contributed by atoms with Gasteiger partial charge >= 0.3 is 5.97 Å². The van der Waals surface area contributed by atoms with E-state index in [2.05, 4.69) is 9.97 Å². The van der Waals surface area contributed by atoms with E-state index in [1.807, 2.05) is 6.92 Å². The fraction of sp³-hybridized carbons (Fsp3) is 0.214. The SMILES string of the molecule is CCCc1nc(-c2ccc(F)c(Cl)c2)ncc1C(=O)O. The smallest absolute Gasteiger partial charge is 0.339 e. The van der Waals surface area contributed by atoms with Crippen molar-refractivity contribution in [2.24, 2.45) is 0 Å². The number of rotatable bonds is 4. The van der Waals surface area contributed by atoms with Gasteiger partial charge in [-0.1, -0.05) is 24.9 Å². The third kappa shape index (κ3) is 2.93. The average Bonchev–Trinajstić information content (AvgIpc) is 2.42. The molecule has 0 amide bonds. The second kappa shape index (κ2) is 5.96. The Labute approximate surface area is 120 Å². The van der Waals surface area contributed by atoms with Gasteiger partial charge in [-0.25, -0.2) is 19.2 Å². The van der Waals surface area contributed by atoms with E-state index in [1.54, 1.807) is 0 Å². The molecule has 2 aromatic rings. The van der Waals surface area contributed by atoms with Gasteiger partial charge in [-0.15, -0.1) is 0 Å². The summed E-state index contributed by atoms with van der Waals surface area (Å²) in [7, 11) is 0. The molecule has 1 N–H and O–H groups in total. The molecular weight excluding hydrogens is 283 g/mol. The standard InChI is InChI=1S/C14H12ClFN2O2/c1-2-3-12-9(14(19)20)7-17-13(18-12)8-4-5-11(16)10(15)6-8/h4-7H,2-3H2,1H3,(H,19,20). The lowest BCUT2D eigenvalue weighted by Gasteiger charge is -2.07. The number of benzene rings is 1. The van der Waals surface area contributed by atoms with Crippen LogP contribution in [0.3, 0.4) is 0 Å². The zero-order chi connectivity index (χ0) is 14.7. The molecule has 1 aromatic heterocycles. The summed E-state index contributed by atoms with van der Waals surface area (Å²) >= 11 is 5.72. The molecular formula is C14H12ClFN2O2. The monoisotopic (exact) mass is 294 g/mol. The van der Waals surface area contributed by atoms with E-state index in [4.69, 9.17) is 16.7 Å². The van der Waals surface area contributed by atoms with Gasteiger partial charge in [0.15, 0.2) is 5.82 Å². The van der Waals surface area contributed by atoms with E-state index < -0.39 is 11.8 Å². The second-order valence-electron chi connectivity index (χ2n) is 4.24. The Bertz CT molecular complexity index is 662. The molecule has 2 rings (SSSR count). The van der Waals surface area contributed by atoms with Crippen LogP contribution < -0.4 is 0 Å². The summed E-state index contributed by atoms with van der Waals surface area (Å²) in [6.07, 6.45) is 2.57. The lowest BCUT2D eigenvalue weighted by molar-refractivity contribution is 0.0694. The lowest BCUT2D eigenvalue weighted by atomic mass is 10.1. The lowest BCUT2D eigenvalue weighted by Crippen LogP contribution is -2.07. The van der Waals surface area contributed by atoms with Crippen LogP contribution in [-0.4, -0.2) is 21.0 Å². The first-order valence-corrected chi connectivity index (χ1v) is 6.45. The van der Waals surface area contributed by atoms with Crippen LogP contribution in [-0.2, 0) is 6.42 Å². The zero-order valence-electron chi connectivity index (χ0n) is 10.7. The maximum atomic E-state index is 13.1. The number of hydrogen-bond acceptors (Lipinski definition) is 3. The molecule has 0 aliphatic carbocycles. The Morgan fingerprint density at radius 2 is 2.20 bits per heavy atom. The summed E-state index contributed by atoms with van der Waals surface area (Å²) in [5, 5.41) is 9.06. The topological polar surface area (TPSA) is 63.1 Å². The normalized spacial score (nSPS) is 10.6. The molecule has 0 saturated heterocycles. The molecule has 6 heteroatoms. The largest absolute Gasteiger partial charge is 0.478 e. The molecule has 4 nitrogen and oxygen atoms in total. The quantitative estimate of drug-likeness (QED) is 0.936. The van der Waals surface area contributed by atoms with Crippen molar-refractivity contribution in [3.05, 3.63) is 46.5 Å². The molecule has 0 saturated carbocycles. The van der Waals surface area contributed by atoms with Gasteiger partial charge in [0.05, 0.1) is 16.3 Å². The number of nitrogens with zero attached hydrogens (tertiary/aromatic N) is 2. The van der Waals surface area contributed by atoms with Crippen molar-refractivity contribution in [1.29, 1.82) is 0 Å². The van der Waals surface area contributed by atoms with Gasteiger partial charge in [-0.2, -0.15) is 0 Å². The van der Waals surface area contributed by atoms with Gasteiger partial charge in [0.25, 0.3) is 0 Å². The fourth-order valence-electron chi connectivity index (χ4n) is 1.80. The Morgan fingerprint density at radius 1 is 1.45 bits per heavy atom. The minimum atomic E-state index is -1.06. The van der Waals surface area contributed by atoms with Crippen LogP contribution in [0.1, 0.15) is 29.4 Å². The van der Waals surface area contributed by atoms with E-state index in [1.165, 1.54) is 24.4 Å². The van der Waals surface area contributed by atoms with Crippen LogP contribution in [0.5, 0.6) is 0 Å². The highest BCUT2D eigenvalue weighted by molar-refractivity contribution is 6.31. The predicted octanol–water partition coefficient (Wildman–Crippen LogP) is 3.59. The minimum absolute atomic E-state index is 0.0227. The molecule has 104 valence electrons. The Kier molecular flexibility index (Phi) is 4.29. The molecule has 0 radical (unpaired) electrons. The number of aryl methyl sites for hydroxylation is 1. The Morgan fingerprint density at radius 3 is 2.80 bits per heavy atom. The van der Waals surface area contributed by atoms with E-state index in [0.717, 1.165) is 6.42 Å². The zero-order valence-corrected chi connectivity index (χ0v) is 11.5. The number of aromatic carboxylic acids is 1. The molecule has 0 bridgehead atoms. The summed E-state index contributed by atoms with van der Waals surface area (Å²) in [6.45, 7) is 1.93. The molecule has 0 aliphatic rings. The van der Waals surface area contributed by atoms with Crippen molar-refractivity contribution in [3.8, 4) is 11.4 Å².